The van der Waals surface area contributed by atoms with Crippen LogP contribution < -0.4 is 5.32 Å². The van der Waals surface area contributed by atoms with E-state index in [2.05, 4.69) is 15.3 Å². The van der Waals surface area contributed by atoms with Crippen molar-refractivity contribution in [2.24, 2.45) is 10.9 Å². The van der Waals surface area contributed by atoms with Crippen LogP contribution in [0.15, 0.2) is 40.7 Å². The van der Waals surface area contributed by atoms with E-state index in [0.717, 1.165) is 5.56 Å². The molecule has 0 saturated carbocycles. The van der Waals surface area contributed by atoms with Crippen LogP contribution in [0.2, 0.25) is 0 Å². The molecule has 3 rings (SSSR count). The zero-order valence-electron chi connectivity index (χ0n) is 18.6. The summed E-state index contributed by atoms with van der Waals surface area (Å²) in [4.78, 5) is 33.8. The summed E-state index contributed by atoms with van der Waals surface area (Å²) < 4.78 is 10.6. The molecule has 1 aromatic heterocycles. The van der Waals surface area contributed by atoms with E-state index < -0.39 is 36.2 Å². The van der Waals surface area contributed by atoms with Crippen molar-refractivity contribution >= 4 is 29.1 Å². The normalized spacial score (nSPS) is 20.6. The van der Waals surface area contributed by atoms with Crippen LogP contribution >= 0.6 is 11.3 Å². The van der Waals surface area contributed by atoms with Crippen molar-refractivity contribution in [1.29, 1.82) is 0 Å². The van der Waals surface area contributed by atoms with Gasteiger partial charge in [-0.1, -0.05) is 50.6 Å². The van der Waals surface area contributed by atoms with Gasteiger partial charge in [0.25, 0.3) is 0 Å². The fourth-order valence-corrected chi connectivity index (χ4v) is 4.18. The summed E-state index contributed by atoms with van der Waals surface area (Å²) in [5, 5.41) is 15.6. The maximum Gasteiger partial charge on any atom is 0.328 e. The average Bonchev–Trinajstić information content (AvgIpc) is 3.44. The highest BCUT2D eigenvalue weighted by Crippen LogP contribution is 2.25. The minimum atomic E-state index is -0.805. The number of amides is 1. The Morgan fingerprint density at radius 1 is 1.31 bits per heavy atom. The largest absolute Gasteiger partial charge is 0.470 e. The zero-order valence-corrected chi connectivity index (χ0v) is 19.5. The number of rotatable bonds is 9. The van der Waals surface area contributed by atoms with E-state index in [-0.39, 0.29) is 11.8 Å². The van der Waals surface area contributed by atoms with Gasteiger partial charge in [0.15, 0.2) is 6.04 Å². The summed E-state index contributed by atoms with van der Waals surface area (Å²) in [5.74, 6) is -0.715. The van der Waals surface area contributed by atoms with Gasteiger partial charge in [0.05, 0.1) is 7.11 Å². The first kappa shape index (κ1) is 23.9. The van der Waals surface area contributed by atoms with Gasteiger partial charge in [0, 0.05) is 11.8 Å². The van der Waals surface area contributed by atoms with E-state index in [0.29, 0.717) is 23.5 Å². The highest BCUT2D eigenvalue weighted by molar-refractivity contribution is 7.09. The number of thiazole rings is 1. The van der Waals surface area contributed by atoms with Crippen LogP contribution in [0, 0.1) is 5.92 Å². The van der Waals surface area contributed by atoms with Gasteiger partial charge in [-0.2, -0.15) is 0 Å². The number of ether oxygens (including phenoxy) is 2. The molecule has 0 aliphatic carbocycles. The molecule has 32 heavy (non-hydrogen) atoms. The Morgan fingerprint density at radius 3 is 2.69 bits per heavy atom. The van der Waals surface area contributed by atoms with Gasteiger partial charge in [0.1, 0.15) is 29.0 Å². The summed E-state index contributed by atoms with van der Waals surface area (Å²) in [6.07, 6.45) is -0.101. The van der Waals surface area contributed by atoms with Crippen LogP contribution in [-0.2, 0) is 25.5 Å². The van der Waals surface area contributed by atoms with E-state index in [4.69, 9.17) is 9.47 Å². The van der Waals surface area contributed by atoms with Crippen molar-refractivity contribution in [1.82, 2.24) is 10.3 Å². The number of aliphatic hydroxyl groups is 1. The molecule has 1 amide bonds. The summed E-state index contributed by atoms with van der Waals surface area (Å²) in [6.45, 7) is 5.56. The molecular weight excluding hydrogens is 430 g/mol. The molecule has 2 N–H and O–H groups in total. The lowest BCUT2D eigenvalue weighted by Gasteiger charge is -2.23. The number of aliphatic hydroxyl groups excluding tert-OH is 1. The molecule has 0 spiro atoms. The minimum Gasteiger partial charge on any atom is -0.470 e. The number of benzene rings is 1. The van der Waals surface area contributed by atoms with Crippen molar-refractivity contribution in [3.05, 3.63) is 52.0 Å². The zero-order chi connectivity index (χ0) is 23.3. The summed E-state index contributed by atoms with van der Waals surface area (Å²) in [5.41, 5.74) is 1.49. The average molecular weight is 460 g/mol. The highest BCUT2D eigenvalue weighted by Gasteiger charge is 2.37. The SMILES string of the molecule is CC[C@H](C)[C@H](NC(=O)[C@H]1N=C(c2csc([C@H](O)Cc3ccccc3)n2)O[C@H]1C)C(=O)OC. The lowest BCUT2D eigenvalue weighted by Crippen LogP contribution is -2.50. The number of hydrogen-bond acceptors (Lipinski definition) is 8. The molecule has 172 valence electrons. The fourth-order valence-electron chi connectivity index (χ4n) is 3.40. The topological polar surface area (TPSA) is 110 Å². The monoisotopic (exact) mass is 459 g/mol. The van der Waals surface area contributed by atoms with Crippen molar-refractivity contribution in [2.45, 2.75) is 57.9 Å². The van der Waals surface area contributed by atoms with Gasteiger partial charge in [-0.3, -0.25) is 4.79 Å². The Morgan fingerprint density at radius 2 is 2.03 bits per heavy atom. The Balaban J connectivity index is 1.69. The van der Waals surface area contributed by atoms with Gasteiger partial charge in [-0.05, 0) is 18.4 Å². The second kappa shape index (κ2) is 10.7. The lowest BCUT2D eigenvalue weighted by molar-refractivity contribution is -0.146. The number of nitrogens with one attached hydrogen (secondary N) is 1. The molecule has 0 saturated heterocycles. The predicted octanol–water partition coefficient (Wildman–Crippen LogP) is 2.66. The number of methoxy groups -OCH3 is 1. The number of nitrogens with zero attached hydrogens (tertiary/aromatic N) is 2. The molecule has 0 radical (unpaired) electrons. The van der Waals surface area contributed by atoms with Crippen LogP contribution in [0.1, 0.15) is 49.6 Å². The first-order valence-electron chi connectivity index (χ1n) is 10.6. The second-order valence-corrected chi connectivity index (χ2v) is 8.76. The molecule has 1 aliphatic heterocycles. The molecule has 8 nitrogen and oxygen atoms in total. The molecule has 0 fully saturated rings. The van der Waals surface area contributed by atoms with E-state index in [1.807, 2.05) is 44.2 Å². The van der Waals surface area contributed by atoms with Crippen molar-refractivity contribution < 1.29 is 24.2 Å². The molecule has 2 heterocycles. The quantitative estimate of drug-likeness (QED) is 0.558. The molecule has 5 atom stereocenters. The van der Waals surface area contributed by atoms with Gasteiger partial charge in [-0.25, -0.2) is 14.8 Å². The summed E-state index contributed by atoms with van der Waals surface area (Å²) in [7, 11) is 1.30. The predicted molar refractivity (Wildman–Crippen MR) is 121 cm³/mol. The number of aliphatic imine (C=N–C) groups is 1. The van der Waals surface area contributed by atoms with Gasteiger partial charge >= 0.3 is 5.97 Å². The van der Waals surface area contributed by atoms with Crippen LogP contribution in [0.3, 0.4) is 0 Å². The maximum absolute atomic E-state index is 12.8. The number of esters is 1. The Labute approximate surface area is 191 Å². The van der Waals surface area contributed by atoms with Crippen LogP contribution in [0.5, 0.6) is 0 Å². The van der Waals surface area contributed by atoms with Gasteiger partial charge in [0.2, 0.25) is 11.8 Å². The lowest BCUT2D eigenvalue weighted by atomic mass is 9.98. The molecule has 1 aliphatic rings. The first-order valence-corrected chi connectivity index (χ1v) is 11.5. The number of hydrogen-bond donors (Lipinski definition) is 2. The maximum atomic E-state index is 12.8. The first-order chi connectivity index (χ1) is 15.3. The van der Waals surface area contributed by atoms with E-state index in [1.54, 1.807) is 12.3 Å². The van der Waals surface area contributed by atoms with Crippen molar-refractivity contribution in [3.63, 3.8) is 0 Å². The van der Waals surface area contributed by atoms with Crippen LogP contribution in [0.25, 0.3) is 0 Å². The Bertz CT molecular complexity index is 962. The van der Waals surface area contributed by atoms with Crippen LogP contribution in [0.4, 0.5) is 0 Å². The van der Waals surface area contributed by atoms with Gasteiger partial charge < -0.3 is 19.9 Å². The Hall–Kier alpha value is -2.78. The molecule has 1 aromatic carbocycles. The minimum absolute atomic E-state index is 0.0836. The van der Waals surface area contributed by atoms with Crippen molar-refractivity contribution in [2.75, 3.05) is 7.11 Å². The third-order valence-electron chi connectivity index (χ3n) is 5.53. The molecule has 0 bridgehead atoms. The van der Waals surface area contributed by atoms with E-state index in [1.165, 1.54) is 18.4 Å². The Kier molecular flexibility index (Phi) is 7.98. The number of carbonyl (C=O) groups excluding carboxylic acids is 2. The molecule has 9 heteroatoms. The van der Waals surface area contributed by atoms with Gasteiger partial charge in [-0.15, -0.1) is 11.3 Å². The molecule has 0 unspecified atom stereocenters. The second-order valence-electron chi connectivity index (χ2n) is 7.87. The molecule has 2 aromatic rings. The van der Waals surface area contributed by atoms with E-state index in [9.17, 15) is 14.7 Å². The summed E-state index contributed by atoms with van der Waals surface area (Å²) >= 11 is 1.32. The third kappa shape index (κ3) is 5.52. The molecular formula is C23H29N3O5S. The number of aromatic nitrogens is 1. The van der Waals surface area contributed by atoms with Crippen molar-refractivity contribution in [3.8, 4) is 0 Å². The standard InChI is InChI=1S/C23H29N3O5S/c1-5-13(2)18(23(29)30-4)25-20(28)19-14(3)31-21(26-19)16-12-32-22(24-16)17(27)11-15-9-7-6-8-10-15/h6-10,12-14,17-19,27H,5,11H2,1-4H3,(H,25,28)/t13-,14-,17+,18-,19-/m0/s1. The third-order valence-corrected chi connectivity index (χ3v) is 6.48. The smallest absolute Gasteiger partial charge is 0.328 e. The highest BCUT2D eigenvalue weighted by atomic mass is 32.1. The fraction of sp³-hybridized carbons (Fsp3) is 0.478. The van der Waals surface area contributed by atoms with Crippen LogP contribution in [-0.4, -0.2) is 53.2 Å². The van der Waals surface area contributed by atoms with E-state index >= 15 is 0 Å². The number of carbonyl (C=O) groups is 2. The summed E-state index contributed by atoms with van der Waals surface area (Å²) in [6, 6.07) is 8.13.